The van der Waals surface area contributed by atoms with E-state index in [-0.39, 0.29) is 11.6 Å². The summed E-state index contributed by atoms with van der Waals surface area (Å²) in [5.74, 6) is 0.206. The van der Waals surface area contributed by atoms with Crippen LogP contribution in [-0.4, -0.2) is 22.6 Å². The molecule has 7 heteroatoms. The van der Waals surface area contributed by atoms with Crippen molar-refractivity contribution in [2.75, 3.05) is 11.9 Å². The fourth-order valence-corrected chi connectivity index (χ4v) is 2.52. The second kappa shape index (κ2) is 8.79. The zero-order valence-electron chi connectivity index (χ0n) is 14.3. The first-order valence-electron chi connectivity index (χ1n) is 8.27. The van der Waals surface area contributed by atoms with Gasteiger partial charge in [-0.3, -0.25) is 4.79 Å². The van der Waals surface area contributed by atoms with Gasteiger partial charge in [0.05, 0.1) is 11.6 Å². The molecule has 0 aliphatic rings. The van der Waals surface area contributed by atoms with Crippen molar-refractivity contribution in [3.8, 4) is 6.07 Å². The Morgan fingerprint density at radius 2 is 1.89 bits per heavy atom. The van der Waals surface area contributed by atoms with E-state index in [0.29, 0.717) is 29.4 Å². The average molecular weight is 378 g/mol. The predicted octanol–water partition coefficient (Wildman–Crippen LogP) is 3.72. The zero-order chi connectivity index (χ0) is 19.1. The minimum atomic E-state index is -0.283. The Kier molecular flexibility index (Phi) is 5.98. The standard InChI is InChI=1S/C20H16ClN5O/c21-16-6-4-14(5-7-16)10-11-23-20(27)18-8-9-19(26-25-18)24-17-3-1-2-15(12-17)13-22/h1-9,12H,10-11H2,(H,23,27)(H,24,26). The normalized spacial score (nSPS) is 10.1. The number of amides is 1. The summed E-state index contributed by atoms with van der Waals surface area (Å²) in [4.78, 5) is 12.2. The third-order valence-corrected chi connectivity index (χ3v) is 4.03. The van der Waals surface area contributed by atoms with Gasteiger partial charge in [0.1, 0.15) is 0 Å². The molecule has 0 radical (unpaired) electrons. The number of nitrogens with zero attached hydrogens (tertiary/aromatic N) is 3. The van der Waals surface area contributed by atoms with Crippen molar-refractivity contribution >= 4 is 29.0 Å². The van der Waals surface area contributed by atoms with Crippen LogP contribution >= 0.6 is 11.6 Å². The summed E-state index contributed by atoms with van der Waals surface area (Å²) in [5, 5.41) is 23.4. The van der Waals surface area contributed by atoms with Crippen LogP contribution in [0.5, 0.6) is 0 Å². The number of carbonyl (C=O) groups excluding carboxylic acids is 1. The molecular weight excluding hydrogens is 362 g/mol. The first-order chi connectivity index (χ1) is 13.1. The quantitative estimate of drug-likeness (QED) is 0.683. The van der Waals surface area contributed by atoms with Crippen LogP contribution in [0, 0.1) is 11.3 Å². The molecule has 0 aliphatic carbocycles. The maximum Gasteiger partial charge on any atom is 0.271 e. The molecule has 1 amide bonds. The van der Waals surface area contributed by atoms with E-state index in [1.807, 2.05) is 30.3 Å². The van der Waals surface area contributed by atoms with Crippen molar-refractivity contribution in [3.05, 3.63) is 82.5 Å². The van der Waals surface area contributed by atoms with Crippen LogP contribution in [0.25, 0.3) is 0 Å². The van der Waals surface area contributed by atoms with Gasteiger partial charge in [-0.1, -0.05) is 29.8 Å². The molecule has 1 heterocycles. The van der Waals surface area contributed by atoms with Crippen molar-refractivity contribution in [1.29, 1.82) is 5.26 Å². The summed E-state index contributed by atoms with van der Waals surface area (Å²) in [6.07, 6.45) is 0.700. The fraction of sp³-hybridized carbons (Fsp3) is 0.100. The van der Waals surface area contributed by atoms with E-state index < -0.39 is 0 Å². The SMILES string of the molecule is N#Cc1cccc(Nc2ccc(C(=O)NCCc3ccc(Cl)cc3)nn2)c1. The topological polar surface area (TPSA) is 90.7 Å². The first kappa shape index (κ1) is 18.4. The lowest BCUT2D eigenvalue weighted by molar-refractivity contribution is 0.0948. The van der Waals surface area contributed by atoms with Crippen LogP contribution < -0.4 is 10.6 Å². The van der Waals surface area contributed by atoms with E-state index >= 15 is 0 Å². The highest BCUT2D eigenvalue weighted by molar-refractivity contribution is 6.30. The van der Waals surface area contributed by atoms with Gasteiger partial charge in [-0.2, -0.15) is 5.26 Å². The van der Waals surface area contributed by atoms with Gasteiger partial charge in [0.15, 0.2) is 11.5 Å². The molecular formula is C20H16ClN5O. The van der Waals surface area contributed by atoms with Crippen molar-refractivity contribution in [3.63, 3.8) is 0 Å². The number of hydrogen-bond acceptors (Lipinski definition) is 5. The van der Waals surface area contributed by atoms with Gasteiger partial charge in [0, 0.05) is 17.3 Å². The number of aromatic nitrogens is 2. The largest absolute Gasteiger partial charge is 0.350 e. The molecule has 0 saturated carbocycles. The molecule has 0 aliphatic heterocycles. The van der Waals surface area contributed by atoms with Crippen molar-refractivity contribution in [2.24, 2.45) is 0 Å². The van der Waals surface area contributed by atoms with E-state index in [1.165, 1.54) is 0 Å². The summed E-state index contributed by atoms with van der Waals surface area (Å²) in [5.41, 5.74) is 2.60. The Morgan fingerprint density at radius 1 is 1.07 bits per heavy atom. The van der Waals surface area contributed by atoms with Crippen molar-refractivity contribution < 1.29 is 4.79 Å². The summed E-state index contributed by atoms with van der Waals surface area (Å²) < 4.78 is 0. The third kappa shape index (κ3) is 5.27. The number of hydrogen-bond donors (Lipinski definition) is 2. The van der Waals surface area contributed by atoms with Gasteiger partial charge in [0.2, 0.25) is 0 Å². The molecule has 3 aromatic rings. The molecule has 0 bridgehead atoms. The molecule has 27 heavy (non-hydrogen) atoms. The van der Waals surface area contributed by atoms with E-state index in [1.54, 1.807) is 30.3 Å². The molecule has 0 saturated heterocycles. The number of carbonyl (C=O) groups is 1. The van der Waals surface area contributed by atoms with Crippen molar-refractivity contribution in [2.45, 2.75) is 6.42 Å². The van der Waals surface area contributed by atoms with Gasteiger partial charge >= 0.3 is 0 Å². The summed E-state index contributed by atoms with van der Waals surface area (Å²) in [6, 6.07) is 19.9. The molecule has 2 aromatic carbocycles. The van der Waals surface area contributed by atoms with E-state index in [4.69, 9.17) is 16.9 Å². The predicted molar refractivity (Wildman–Crippen MR) is 104 cm³/mol. The highest BCUT2D eigenvalue weighted by atomic mass is 35.5. The maximum absolute atomic E-state index is 12.2. The number of anilines is 2. The van der Waals surface area contributed by atoms with Crippen LogP contribution in [0.1, 0.15) is 21.6 Å². The Morgan fingerprint density at radius 3 is 2.59 bits per heavy atom. The van der Waals surface area contributed by atoms with E-state index in [0.717, 1.165) is 11.3 Å². The van der Waals surface area contributed by atoms with E-state index in [9.17, 15) is 4.79 Å². The Balaban J connectivity index is 1.53. The number of halogens is 1. The maximum atomic E-state index is 12.2. The first-order valence-corrected chi connectivity index (χ1v) is 8.65. The average Bonchev–Trinajstić information content (AvgIpc) is 2.70. The second-order valence-corrected chi connectivity index (χ2v) is 6.19. The fourth-order valence-electron chi connectivity index (χ4n) is 2.40. The van der Waals surface area contributed by atoms with Crippen LogP contribution in [-0.2, 0) is 6.42 Å². The molecule has 0 spiro atoms. The number of nitriles is 1. The molecule has 1 aromatic heterocycles. The monoisotopic (exact) mass is 377 g/mol. The van der Waals surface area contributed by atoms with Gasteiger partial charge in [-0.05, 0) is 54.4 Å². The van der Waals surface area contributed by atoms with Crippen LogP contribution in [0.3, 0.4) is 0 Å². The van der Waals surface area contributed by atoms with Crippen LogP contribution in [0.2, 0.25) is 5.02 Å². The molecule has 0 atom stereocenters. The molecule has 0 fully saturated rings. The van der Waals surface area contributed by atoms with Crippen LogP contribution in [0.4, 0.5) is 11.5 Å². The minimum Gasteiger partial charge on any atom is -0.350 e. The second-order valence-electron chi connectivity index (χ2n) is 5.75. The zero-order valence-corrected chi connectivity index (χ0v) is 15.1. The van der Waals surface area contributed by atoms with Gasteiger partial charge in [-0.15, -0.1) is 10.2 Å². The smallest absolute Gasteiger partial charge is 0.271 e. The summed E-state index contributed by atoms with van der Waals surface area (Å²) in [6.45, 7) is 0.489. The Bertz CT molecular complexity index is 965. The molecule has 0 unspecified atom stereocenters. The lowest BCUT2D eigenvalue weighted by Gasteiger charge is -2.07. The lowest BCUT2D eigenvalue weighted by Crippen LogP contribution is -2.26. The third-order valence-electron chi connectivity index (χ3n) is 3.77. The number of nitrogens with one attached hydrogen (secondary N) is 2. The Hall–Kier alpha value is -3.43. The summed E-state index contributed by atoms with van der Waals surface area (Å²) >= 11 is 5.85. The molecule has 6 nitrogen and oxygen atoms in total. The highest BCUT2D eigenvalue weighted by Gasteiger charge is 2.08. The molecule has 3 rings (SSSR count). The van der Waals surface area contributed by atoms with Crippen molar-refractivity contribution in [1.82, 2.24) is 15.5 Å². The Labute approximate surface area is 161 Å². The number of benzene rings is 2. The molecule has 2 N–H and O–H groups in total. The van der Waals surface area contributed by atoms with Gasteiger partial charge in [0.25, 0.3) is 5.91 Å². The lowest BCUT2D eigenvalue weighted by atomic mass is 10.1. The minimum absolute atomic E-state index is 0.238. The van der Waals surface area contributed by atoms with Gasteiger partial charge in [-0.25, -0.2) is 0 Å². The van der Waals surface area contributed by atoms with Gasteiger partial charge < -0.3 is 10.6 Å². The van der Waals surface area contributed by atoms with Crippen LogP contribution in [0.15, 0.2) is 60.7 Å². The number of rotatable bonds is 6. The molecule has 134 valence electrons. The van der Waals surface area contributed by atoms with E-state index in [2.05, 4.69) is 26.9 Å². The highest BCUT2D eigenvalue weighted by Crippen LogP contribution is 2.15. The summed E-state index contributed by atoms with van der Waals surface area (Å²) in [7, 11) is 0.